The van der Waals surface area contributed by atoms with Crippen LogP contribution in [0.15, 0.2) is 29.2 Å². The molecule has 0 unspecified atom stereocenters. The van der Waals surface area contributed by atoms with E-state index < -0.39 is 52.3 Å². The van der Waals surface area contributed by atoms with Gasteiger partial charge in [-0.05, 0) is 24.6 Å². The fourth-order valence-electron chi connectivity index (χ4n) is 5.40. The molecule has 0 spiro atoms. The molecule has 0 atom stereocenters. The molecule has 14 heteroatoms. The molecule has 218 valence electrons. The highest BCUT2D eigenvalue weighted by molar-refractivity contribution is 6.33. The van der Waals surface area contributed by atoms with Crippen LogP contribution in [0.1, 0.15) is 22.6 Å². The number of aromatic nitrogens is 3. The number of halogens is 4. The van der Waals surface area contributed by atoms with Crippen LogP contribution in [-0.4, -0.2) is 57.7 Å². The Morgan fingerprint density at radius 3 is 2.62 bits per heavy atom. The summed E-state index contributed by atoms with van der Waals surface area (Å²) in [6.07, 6.45) is 2.58. The Morgan fingerprint density at radius 2 is 1.88 bits per heavy atom. The van der Waals surface area contributed by atoms with E-state index >= 15 is 4.39 Å². The molecular weight excluding hydrogens is 579 g/mol. The number of amides is 1. The van der Waals surface area contributed by atoms with Gasteiger partial charge in [-0.1, -0.05) is 11.6 Å². The number of carbonyl (C=O) groups excluding carboxylic acids is 2. The van der Waals surface area contributed by atoms with Crippen molar-refractivity contribution in [2.24, 2.45) is 0 Å². The van der Waals surface area contributed by atoms with Gasteiger partial charge in [0.25, 0.3) is 5.56 Å². The molecular formula is C28H23ClF3N5O5. The highest BCUT2D eigenvalue weighted by Crippen LogP contribution is 2.36. The van der Waals surface area contributed by atoms with Crippen molar-refractivity contribution in [1.82, 2.24) is 14.1 Å². The minimum absolute atomic E-state index is 0.0341. The van der Waals surface area contributed by atoms with Crippen molar-refractivity contribution < 1.29 is 32.6 Å². The summed E-state index contributed by atoms with van der Waals surface area (Å²) >= 11 is 6.24. The molecule has 0 radical (unpaired) electrons. The number of aldehydes is 1. The van der Waals surface area contributed by atoms with Gasteiger partial charge in [0, 0.05) is 43.4 Å². The van der Waals surface area contributed by atoms with Gasteiger partial charge < -0.3 is 24.6 Å². The predicted molar refractivity (Wildman–Crippen MR) is 148 cm³/mol. The molecule has 4 aromatic rings. The largest absolute Gasteiger partial charge is 0.504 e. The topological polar surface area (TPSA) is 119 Å². The Hall–Kier alpha value is -4.36. The summed E-state index contributed by atoms with van der Waals surface area (Å²) in [5.41, 5.74) is -1.14. The second-order valence-corrected chi connectivity index (χ2v) is 10.4. The third kappa shape index (κ3) is 4.68. The van der Waals surface area contributed by atoms with E-state index in [9.17, 15) is 28.3 Å². The lowest BCUT2D eigenvalue weighted by atomic mass is 10.0. The molecule has 6 rings (SSSR count). The molecule has 4 heterocycles. The van der Waals surface area contributed by atoms with E-state index in [1.54, 1.807) is 4.90 Å². The number of hydrogen-bond acceptors (Lipinski definition) is 7. The Bertz CT molecular complexity index is 1830. The number of carbonyl (C=O) groups is 2. The molecule has 1 amide bonds. The number of aromatic hydroxyl groups is 1. The lowest BCUT2D eigenvalue weighted by Crippen LogP contribution is -2.36. The molecule has 2 aromatic heterocycles. The van der Waals surface area contributed by atoms with Crippen LogP contribution in [0.4, 0.5) is 24.5 Å². The number of anilines is 2. The number of benzene rings is 2. The van der Waals surface area contributed by atoms with Crippen molar-refractivity contribution in [3.63, 3.8) is 0 Å². The van der Waals surface area contributed by atoms with Crippen LogP contribution in [0.25, 0.3) is 22.2 Å². The summed E-state index contributed by atoms with van der Waals surface area (Å²) < 4.78 is 52.4. The first-order chi connectivity index (χ1) is 20.2. The molecule has 0 aliphatic carbocycles. The predicted octanol–water partition coefficient (Wildman–Crippen LogP) is 3.88. The standard InChI is InChI=1S/C28H23ClF3N5O5/c29-17-9-18(30)20(35-4-6-42-7-5-35)10-19(17)33-22(39)12-36-11-16(15-8-14(13-38)26(40)25(32)24(15)31)23-27(36)34-21-2-1-3-37(21)28(23)41/h8-11,13,40H,1-7,12H2,(H,33,39). The maximum absolute atomic E-state index is 15.1. The Labute approximate surface area is 240 Å². The molecule has 1 fully saturated rings. The van der Waals surface area contributed by atoms with E-state index in [-0.39, 0.29) is 39.3 Å². The molecule has 10 nitrogen and oxygen atoms in total. The molecule has 1 saturated heterocycles. The zero-order chi connectivity index (χ0) is 29.7. The summed E-state index contributed by atoms with van der Waals surface area (Å²) in [5, 5.41) is 12.4. The second-order valence-electron chi connectivity index (χ2n) is 10.00. The van der Waals surface area contributed by atoms with Gasteiger partial charge in [-0.2, -0.15) is 4.39 Å². The van der Waals surface area contributed by atoms with Crippen LogP contribution in [0.3, 0.4) is 0 Å². The monoisotopic (exact) mass is 601 g/mol. The van der Waals surface area contributed by atoms with Gasteiger partial charge in [0.15, 0.2) is 17.9 Å². The van der Waals surface area contributed by atoms with Crippen LogP contribution < -0.4 is 15.8 Å². The fraction of sp³-hybridized carbons (Fsp3) is 0.286. The van der Waals surface area contributed by atoms with E-state index in [0.717, 1.165) is 12.1 Å². The minimum atomic E-state index is -1.65. The van der Waals surface area contributed by atoms with Crippen molar-refractivity contribution >= 4 is 46.2 Å². The number of aryl methyl sites for hydroxylation is 1. The third-order valence-corrected chi connectivity index (χ3v) is 7.75. The zero-order valence-electron chi connectivity index (χ0n) is 21.9. The van der Waals surface area contributed by atoms with E-state index in [0.29, 0.717) is 51.5 Å². The van der Waals surface area contributed by atoms with E-state index in [4.69, 9.17) is 16.3 Å². The van der Waals surface area contributed by atoms with Crippen molar-refractivity contribution in [2.45, 2.75) is 25.9 Å². The fourth-order valence-corrected chi connectivity index (χ4v) is 5.60. The average molecular weight is 602 g/mol. The van der Waals surface area contributed by atoms with Crippen LogP contribution in [-0.2, 0) is 29.0 Å². The number of rotatable bonds is 6. The number of morpholine rings is 1. The highest BCUT2D eigenvalue weighted by atomic mass is 35.5. The van der Waals surface area contributed by atoms with E-state index in [2.05, 4.69) is 10.3 Å². The molecule has 2 aromatic carbocycles. The van der Waals surface area contributed by atoms with Gasteiger partial charge >= 0.3 is 0 Å². The minimum Gasteiger partial charge on any atom is -0.504 e. The number of phenolic OH excluding ortho intramolecular Hbond substituents is 1. The third-order valence-electron chi connectivity index (χ3n) is 7.44. The Balaban J connectivity index is 1.41. The van der Waals surface area contributed by atoms with Crippen LogP contribution in [0.5, 0.6) is 5.75 Å². The van der Waals surface area contributed by atoms with Crippen LogP contribution in [0, 0.1) is 17.5 Å². The maximum Gasteiger partial charge on any atom is 0.263 e. The number of fused-ring (bicyclic) bond motifs is 2. The first-order valence-electron chi connectivity index (χ1n) is 13.1. The van der Waals surface area contributed by atoms with Gasteiger partial charge in [-0.3, -0.25) is 19.0 Å². The van der Waals surface area contributed by atoms with Crippen molar-refractivity contribution in [2.75, 3.05) is 36.5 Å². The zero-order valence-corrected chi connectivity index (χ0v) is 22.7. The summed E-state index contributed by atoms with van der Waals surface area (Å²) in [6, 6.07) is 3.46. The van der Waals surface area contributed by atoms with Gasteiger partial charge in [-0.15, -0.1) is 0 Å². The van der Waals surface area contributed by atoms with Crippen LogP contribution in [0.2, 0.25) is 5.02 Å². The molecule has 42 heavy (non-hydrogen) atoms. The molecule has 0 bridgehead atoms. The molecule has 2 aliphatic rings. The lowest BCUT2D eigenvalue weighted by Gasteiger charge is -2.29. The van der Waals surface area contributed by atoms with Gasteiger partial charge in [0.05, 0.1) is 40.6 Å². The first-order valence-corrected chi connectivity index (χ1v) is 13.5. The quantitative estimate of drug-likeness (QED) is 0.322. The molecule has 2 N–H and O–H groups in total. The summed E-state index contributed by atoms with van der Waals surface area (Å²) in [7, 11) is 0. The van der Waals surface area contributed by atoms with Gasteiger partial charge in [-0.25, -0.2) is 13.8 Å². The first kappa shape index (κ1) is 27.8. The van der Waals surface area contributed by atoms with Crippen molar-refractivity contribution in [1.29, 1.82) is 0 Å². The second kappa shape index (κ2) is 10.8. The van der Waals surface area contributed by atoms with E-state index in [1.165, 1.54) is 21.4 Å². The van der Waals surface area contributed by atoms with Crippen molar-refractivity contribution in [3.05, 3.63) is 68.6 Å². The average Bonchev–Trinajstić information content (AvgIpc) is 3.59. The smallest absolute Gasteiger partial charge is 0.263 e. The van der Waals surface area contributed by atoms with Crippen LogP contribution >= 0.6 is 11.6 Å². The normalized spacial score (nSPS) is 14.8. The maximum atomic E-state index is 15.1. The summed E-state index contributed by atoms with van der Waals surface area (Å²) in [6.45, 7) is 1.71. The Morgan fingerprint density at radius 1 is 1.12 bits per heavy atom. The molecule has 2 aliphatic heterocycles. The molecule has 0 saturated carbocycles. The van der Waals surface area contributed by atoms with Gasteiger partial charge in [0.1, 0.15) is 23.8 Å². The SMILES string of the molecule is O=Cc1cc(-c2cn(CC(=O)Nc3cc(N4CCOCC4)c(F)cc3Cl)c3nc4n(c(=O)c23)CCC4)c(F)c(F)c1O. The number of hydrogen-bond donors (Lipinski definition) is 2. The number of phenols is 1. The number of nitrogens with one attached hydrogen (secondary N) is 1. The number of nitrogens with zero attached hydrogens (tertiary/aromatic N) is 4. The van der Waals surface area contributed by atoms with Crippen molar-refractivity contribution in [3.8, 4) is 16.9 Å². The van der Waals surface area contributed by atoms with Gasteiger partial charge in [0.2, 0.25) is 11.7 Å². The lowest BCUT2D eigenvalue weighted by molar-refractivity contribution is -0.116. The number of ether oxygens (including phenoxy) is 1. The summed E-state index contributed by atoms with van der Waals surface area (Å²) in [5.74, 6) is -4.98. The van der Waals surface area contributed by atoms with E-state index in [1.807, 2.05) is 0 Å². The Kier molecular flexibility index (Phi) is 7.15. The highest BCUT2D eigenvalue weighted by Gasteiger charge is 2.27. The summed E-state index contributed by atoms with van der Waals surface area (Å²) in [4.78, 5) is 44.5.